The zero-order valence-electron chi connectivity index (χ0n) is 8.40. The molecule has 0 aliphatic heterocycles. The predicted molar refractivity (Wildman–Crippen MR) is 60.2 cm³/mol. The quantitative estimate of drug-likeness (QED) is 0.852. The number of nitrogens with two attached hydrogens (primary N) is 1. The highest BCUT2D eigenvalue weighted by Crippen LogP contribution is 2.34. The van der Waals surface area contributed by atoms with Gasteiger partial charge in [-0.2, -0.15) is 0 Å². The number of halogens is 2. The van der Waals surface area contributed by atoms with Crippen molar-refractivity contribution in [3.8, 4) is 5.75 Å². The zero-order chi connectivity index (χ0) is 10.9. The van der Waals surface area contributed by atoms with Crippen molar-refractivity contribution in [1.82, 2.24) is 0 Å². The van der Waals surface area contributed by atoms with Crippen LogP contribution in [0, 0.1) is 0 Å². The Kier molecular flexibility index (Phi) is 3.30. The average Bonchev–Trinajstić information content (AvgIpc) is 2.06. The molecular formula is C10H13Cl2NO. The van der Waals surface area contributed by atoms with Gasteiger partial charge in [-0.3, -0.25) is 0 Å². The summed E-state index contributed by atoms with van der Waals surface area (Å²) in [6.07, 6.45) is 0. The first-order chi connectivity index (χ1) is 6.36. The van der Waals surface area contributed by atoms with Gasteiger partial charge in [0.15, 0.2) is 0 Å². The van der Waals surface area contributed by atoms with E-state index in [0.29, 0.717) is 15.8 Å². The summed E-state index contributed by atoms with van der Waals surface area (Å²) in [6.45, 7) is 3.74. The SMILES string of the molecule is COc1cc(Cl)c(C(C)(C)N)cc1Cl. The van der Waals surface area contributed by atoms with E-state index < -0.39 is 5.54 Å². The van der Waals surface area contributed by atoms with E-state index in [-0.39, 0.29) is 0 Å². The summed E-state index contributed by atoms with van der Waals surface area (Å²) >= 11 is 12.0. The van der Waals surface area contributed by atoms with Gasteiger partial charge in [0.1, 0.15) is 5.75 Å². The molecule has 0 saturated carbocycles. The van der Waals surface area contributed by atoms with Crippen molar-refractivity contribution >= 4 is 23.2 Å². The molecule has 0 aromatic heterocycles. The molecule has 0 spiro atoms. The standard InChI is InChI=1S/C10H13Cl2NO/c1-10(2,13)6-4-8(12)9(14-3)5-7(6)11/h4-5H,13H2,1-3H3. The van der Waals surface area contributed by atoms with Crippen LogP contribution in [0.1, 0.15) is 19.4 Å². The largest absolute Gasteiger partial charge is 0.495 e. The molecule has 14 heavy (non-hydrogen) atoms. The van der Waals surface area contributed by atoms with E-state index in [1.165, 1.54) is 0 Å². The smallest absolute Gasteiger partial charge is 0.138 e. The summed E-state index contributed by atoms with van der Waals surface area (Å²) < 4.78 is 5.04. The van der Waals surface area contributed by atoms with Gasteiger partial charge < -0.3 is 10.5 Å². The van der Waals surface area contributed by atoms with E-state index in [1.807, 2.05) is 13.8 Å². The third-order valence-electron chi connectivity index (χ3n) is 1.94. The van der Waals surface area contributed by atoms with Crippen molar-refractivity contribution in [2.24, 2.45) is 5.73 Å². The monoisotopic (exact) mass is 233 g/mol. The molecule has 0 amide bonds. The lowest BCUT2D eigenvalue weighted by Crippen LogP contribution is -2.29. The van der Waals surface area contributed by atoms with Crippen LogP contribution in [0.4, 0.5) is 0 Å². The fourth-order valence-electron chi connectivity index (χ4n) is 1.18. The first kappa shape index (κ1) is 11.6. The van der Waals surface area contributed by atoms with Crippen molar-refractivity contribution in [2.45, 2.75) is 19.4 Å². The summed E-state index contributed by atoms with van der Waals surface area (Å²) in [4.78, 5) is 0. The van der Waals surface area contributed by atoms with E-state index in [9.17, 15) is 0 Å². The number of hydrogen-bond acceptors (Lipinski definition) is 2. The van der Waals surface area contributed by atoms with Gasteiger partial charge in [0.25, 0.3) is 0 Å². The minimum atomic E-state index is -0.507. The second-order valence-corrected chi connectivity index (χ2v) is 4.50. The Morgan fingerprint density at radius 3 is 2.21 bits per heavy atom. The lowest BCUT2D eigenvalue weighted by atomic mass is 9.95. The van der Waals surface area contributed by atoms with Gasteiger partial charge in [-0.15, -0.1) is 0 Å². The predicted octanol–water partition coefficient (Wildman–Crippen LogP) is 3.20. The maximum Gasteiger partial charge on any atom is 0.138 e. The Morgan fingerprint density at radius 1 is 1.21 bits per heavy atom. The lowest BCUT2D eigenvalue weighted by molar-refractivity contribution is 0.414. The van der Waals surface area contributed by atoms with Crippen molar-refractivity contribution in [3.05, 3.63) is 27.7 Å². The highest BCUT2D eigenvalue weighted by molar-refractivity contribution is 6.34. The molecule has 0 aliphatic rings. The molecule has 0 bridgehead atoms. The third-order valence-corrected chi connectivity index (χ3v) is 2.54. The van der Waals surface area contributed by atoms with Crippen LogP contribution in [0.25, 0.3) is 0 Å². The molecule has 2 N–H and O–H groups in total. The van der Waals surface area contributed by atoms with E-state index in [0.717, 1.165) is 5.56 Å². The highest BCUT2D eigenvalue weighted by Gasteiger charge is 2.19. The molecular weight excluding hydrogens is 221 g/mol. The second-order valence-electron chi connectivity index (χ2n) is 3.69. The molecule has 0 atom stereocenters. The van der Waals surface area contributed by atoms with Crippen LogP contribution < -0.4 is 10.5 Å². The summed E-state index contributed by atoms with van der Waals surface area (Å²) in [5.74, 6) is 0.560. The van der Waals surface area contributed by atoms with Crippen molar-refractivity contribution < 1.29 is 4.74 Å². The van der Waals surface area contributed by atoms with E-state index in [4.69, 9.17) is 33.7 Å². The van der Waals surface area contributed by atoms with Gasteiger partial charge in [-0.1, -0.05) is 23.2 Å². The van der Waals surface area contributed by atoms with Crippen LogP contribution in [0.2, 0.25) is 10.0 Å². The second kappa shape index (κ2) is 3.97. The molecule has 78 valence electrons. The fraction of sp³-hybridized carbons (Fsp3) is 0.400. The molecule has 0 radical (unpaired) electrons. The van der Waals surface area contributed by atoms with Crippen LogP contribution in [-0.2, 0) is 5.54 Å². The number of benzene rings is 1. The lowest BCUT2D eigenvalue weighted by Gasteiger charge is -2.21. The van der Waals surface area contributed by atoms with Crippen LogP contribution in [0.15, 0.2) is 12.1 Å². The topological polar surface area (TPSA) is 35.2 Å². The zero-order valence-corrected chi connectivity index (χ0v) is 9.91. The van der Waals surface area contributed by atoms with Crippen molar-refractivity contribution in [2.75, 3.05) is 7.11 Å². The van der Waals surface area contributed by atoms with Crippen molar-refractivity contribution in [1.29, 1.82) is 0 Å². The number of hydrogen-bond donors (Lipinski definition) is 1. The van der Waals surface area contributed by atoms with Crippen LogP contribution in [-0.4, -0.2) is 7.11 Å². The summed E-state index contributed by atoms with van der Waals surface area (Å²) in [6, 6.07) is 3.41. The minimum absolute atomic E-state index is 0.507. The summed E-state index contributed by atoms with van der Waals surface area (Å²) in [5.41, 5.74) is 6.24. The maximum absolute atomic E-state index is 6.05. The highest BCUT2D eigenvalue weighted by atomic mass is 35.5. The minimum Gasteiger partial charge on any atom is -0.495 e. The fourth-order valence-corrected chi connectivity index (χ4v) is 1.82. The van der Waals surface area contributed by atoms with E-state index in [2.05, 4.69) is 0 Å². The number of rotatable bonds is 2. The number of methoxy groups -OCH3 is 1. The molecule has 1 aromatic rings. The molecule has 2 nitrogen and oxygen atoms in total. The summed E-state index contributed by atoms with van der Waals surface area (Å²) in [7, 11) is 1.55. The molecule has 1 aromatic carbocycles. The Hall–Kier alpha value is -0.440. The number of ether oxygens (including phenoxy) is 1. The van der Waals surface area contributed by atoms with Gasteiger partial charge in [0.05, 0.1) is 12.1 Å². The van der Waals surface area contributed by atoms with Crippen molar-refractivity contribution in [3.63, 3.8) is 0 Å². The molecule has 0 saturated heterocycles. The molecule has 0 fully saturated rings. The van der Waals surface area contributed by atoms with E-state index in [1.54, 1.807) is 19.2 Å². The normalized spacial score (nSPS) is 11.6. The molecule has 0 unspecified atom stereocenters. The van der Waals surface area contributed by atoms with Gasteiger partial charge in [0, 0.05) is 16.6 Å². The van der Waals surface area contributed by atoms with E-state index >= 15 is 0 Å². The van der Waals surface area contributed by atoms with Crippen LogP contribution >= 0.6 is 23.2 Å². The first-order valence-corrected chi connectivity index (χ1v) is 4.94. The van der Waals surface area contributed by atoms with Crippen LogP contribution in [0.5, 0.6) is 5.75 Å². The average molecular weight is 234 g/mol. The molecule has 0 aliphatic carbocycles. The Balaban J connectivity index is 3.29. The molecule has 0 heterocycles. The van der Waals surface area contributed by atoms with Crippen LogP contribution in [0.3, 0.4) is 0 Å². The first-order valence-electron chi connectivity index (χ1n) is 4.18. The third kappa shape index (κ3) is 2.32. The molecule has 1 rings (SSSR count). The Labute approximate surface area is 94.0 Å². The Bertz CT molecular complexity index is 345. The van der Waals surface area contributed by atoms with Gasteiger partial charge in [-0.25, -0.2) is 0 Å². The maximum atomic E-state index is 6.05. The Morgan fingerprint density at radius 2 is 1.79 bits per heavy atom. The van der Waals surface area contributed by atoms with Gasteiger partial charge in [-0.05, 0) is 25.5 Å². The molecule has 4 heteroatoms. The summed E-state index contributed by atoms with van der Waals surface area (Å²) in [5, 5.41) is 1.09. The van der Waals surface area contributed by atoms with Gasteiger partial charge in [0.2, 0.25) is 0 Å². The van der Waals surface area contributed by atoms with Gasteiger partial charge >= 0.3 is 0 Å².